The van der Waals surface area contributed by atoms with Crippen molar-refractivity contribution >= 4 is 5.97 Å². The lowest BCUT2D eigenvalue weighted by Gasteiger charge is -2.19. The summed E-state index contributed by atoms with van der Waals surface area (Å²) in [4.78, 5) is 10.9. The first-order chi connectivity index (χ1) is 8.04. The van der Waals surface area contributed by atoms with E-state index in [0.717, 1.165) is 24.1 Å². The van der Waals surface area contributed by atoms with Crippen LogP contribution in [0.4, 0.5) is 0 Å². The summed E-state index contributed by atoms with van der Waals surface area (Å²) in [6.45, 7) is 6.97. The van der Waals surface area contributed by atoms with Gasteiger partial charge in [-0.3, -0.25) is 4.79 Å². The van der Waals surface area contributed by atoms with Gasteiger partial charge in [-0.1, -0.05) is 30.7 Å². The molecule has 0 amide bonds. The van der Waals surface area contributed by atoms with Crippen LogP contribution < -0.4 is 5.32 Å². The van der Waals surface area contributed by atoms with E-state index < -0.39 is 5.97 Å². The zero-order valence-corrected chi connectivity index (χ0v) is 10.8. The molecule has 0 aliphatic carbocycles. The van der Waals surface area contributed by atoms with Gasteiger partial charge in [-0.25, -0.2) is 0 Å². The van der Waals surface area contributed by atoms with Crippen LogP contribution in [-0.2, 0) is 4.79 Å². The summed E-state index contributed by atoms with van der Waals surface area (Å²) in [6.07, 6.45) is 1.13. The number of benzene rings is 1. The van der Waals surface area contributed by atoms with Gasteiger partial charge in [0.1, 0.15) is 0 Å². The van der Waals surface area contributed by atoms with E-state index in [1.54, 1.807) is 0 Å². The van der Waals surface area contributed by atoms with Crippen LogP contribution in [0.25, 0.3) is 0 Å². The van der Waals surface area contributed by atoms with Crippen molar-refractivity contribution in [2.75, 3.05) is 6.54 Å². The first kappa shape index (κ1) is 13.7. The molecule has 0 saturated carbocycles. The molecule has 2 N–H and O–H groups in total. The standard InChI is InChI=1S/C14H21NO2/c1-4-7-15-13(9-14(16)17)12-8-10(2)5-6-11(12)3/h5-6,8,13,15H,4,7,9H2,1-3H3,(H,16,17). The third-order valence-electron chi connectivity index (χ3n) is 2.83. The van der Waals surface area contributed by atoms with Crippen LogP contribution in [0, 0.1) is 13.8 Å². The molecule has 0 aliphatic rings. The maximum atomic E-state index is 10.9. The number of aliphatic carboxylic acids is 1. The molecule has 1 aromatic rings. The highest BCUT2D eigenvalue weighted by atomic mass is 16.4. The van der Waals surface area contributed by atoms with Crippen molar-refractivity contribution in [1.29, 1.82) is 0 Å². The smallest absolute Gasteiger partial charge is 0.305 e. The van der Waals surface area contributed by atoms with Crippen LogP contribution in [0.15, 0.2) is 18.2 Å². The van der Waals surface area contributed by atoms with Crippen LogP contribution in [0.5, 0.6) is 0 Å². The molecule has 1 unspecified atom stereocenters. The predicted octanol–water partition coefficient (Wildman–Crippen LogP) is 2.82. The van der Waals surface area contributed by atoms with Crippen LogP contribution >= 0.6 is 0 Å². The van der Waals surface area contributed by atoms with Crippen molar-refractivity contribution in [2.45, 2.75) is 39.7 Å². The summed E-state index contributed by atoms with van der Waals surface area (Å²) in [5.74, 6) is -0.764. The molecule has 0 aliphatic heterocycles. The summed E-state index contributed by atoms with van der Waals surface area (Å²) < 4.78 is 0. The number of hydrogen-bond donors (Lipinski definition) is 2. The highest BCUT2D eigenvalue weighted by Gasteiger charge is 2.16. The summed E-state index contributed by atoms with van der Waals surface area (Å²) in [5, 5.41) is 12.3. The molecule has 17 heavy (non-hydrogen) atoms. The Morgan fingerprint density at radius 2 is 2.12 bits per heavy atom. The largest absolute Gasteiger partial charge is 0.481 e. The number of hydrogen-bond acceptors (Lipinski definition) is 2. The fourth-order valence-electron chi connectivity index (χ4n) is 1.92. The average molecular weight is 235 g/mol. The maximum Gasteiger partial charge on any atom is 0.305 e. The number of nitrogens with one attached hydrogen (secondary N) is 1. The fraction of sp³-hybridized carbons (Fsp3) is 0.500. The van der Waals surface area contributed by atoms with E-state index in [1.807, 2.05) is 19.9 Å². The Labute approximate surface area is 103 Å². The summed E-state index contributed by atoms with van der Waals surface area (Å²) in [5.41, 5.74) is 3.41. The third-order valence-corrected chi connectivity index (χ3v) is 2.83. The molecule has 0 fully saturated rings. The van der Waals surface area contributed by atoms with Gasteiger partial charge >= 0.3 is 5.97 Å². The van der Waals surface area contributed by atoms with E-state index in [9.17, 15) is 4.79 Å². The Hall–Kier alpha value is -1.35. The van der Waals surface area contributed by atoms with E-state index in [2.05, 4.69) is 24.4 Å². The van der Waals surface area contributed by atoms with Gasteiger partial charge in [0.05, 0.1) is 6.42 Å². The zero-order chi connectivity index (χ0) is 12.8. The van der Waals surface area contributed by atoms with E-state index in [4.69, 9.17) is 5.11 Å². The molecule has 3 heteroatoms. The Bertz CT molecular complexity index is 388. The van der Waals surface area contributed by atoms with Gasteiger partial charge in [0, 0.05) is 6.04 Å². The van der Waals surface area contributed by atoms with E-state index in [0.29, 0.717) is 0 Å². The van der Waals surface area contributed by atoms with E-state index >= 15 is 0 Å². The molecule has 1 atom stereocenters. The fourth-order valence-corrected chi connectivity index (χ4v) is 1.92. The monoisotopic (exact) mass is 235 g/mol. The molecule has 0 aromatic heterocycles. The van der Waals surface area contributed by atoms with E-state index in [1.165, 1.54) is 5.56 Å². The second kappa shape index (κ2) is 6.40. The number of carboxylic acids is 1. The zero-order valence-electron chi connectivity index (χ0n) is 10.8. The number of carbonyl (C=O) groups is 1. The van der Waals surface area contributed by atoms with Crippen molar-refractivity contribution < 1.29 is 9.90 Å². The van der Waals surface area contributed by atoms with Gasteiger partial charge in [0.2, 0.25) is 0 Å². The lowest BCUT2D eigenvalue weighted by atomic mass is 9.96. The molecule has 0 saturated heterocycles. The van der Waals surface area contributed by atoms with Crippen molar-refractivity contribution in [1.82, 2.24) is 5.32 Å². The lowest BCUT2D eigenvalue weighted by molar-refractivity contribution is -0.137. The van der Waals surface area contributed by atoms with Gasteiger partial charge in [0.25, 0.3) is 0 Å². The minimum Gasteiger partial charge on any atom is -0.481 e. The number of aryl methyl sites for hydroxylation is 2. The molecule has 0 bridgehead atoms. The van der Waals surface area contributed by atoms with Crippen molar-refractivity contribution in [3.8, 4) is 0 Å². The minimum atomic E-state index is -0.764. The van der Waals surface area contributed by atoms with Gasteiger partial charge < -0.3 is 10.4 Å². The second-order valence-electron chi connectivity index (χ2n) is 4.46. The van der Waals surface area contributed by atoms with Gasteiger partial charge in [-0.05, 0) is 37.9 Å². The number of rotatable bonds is 6. The molecule has 0 spiro atoms. The summed E-state index contributed by atoms with van der Waals surface area (Å²) >= 11 is 0. The Morgan fingerprint density at radius 3 is 2.71 bits per heavy atom. The van der Waals surface area contributed by atoms with Gasteiger partial charge in [-0.2, -0.15) is 0 Å². The van der Waals surface area contributed by atoms with Crippen LogP contribution in [0.3, 0.4) is 0 Å². The maximum absolute atomic E-state index is 10.9. The van der Waals surface area contributed by atoms with Crippen molar-refractivity contribution in [2.24, 2.45) is 0 Å². The molecule has 94 valence electrons. The molecule has 1 aromatic carbocycles. The Morgan fingerprint density at radius 1 is 1.41 bits per heavy atom. The quantitative estimate of drug-likeness (QED) is 0.797. The molecule has 0 radical (unpaired) electrons. The number of carboxylic acid groups (broad SMARTS) is 1. The van der Waals surface area contributed by atoms with Crippen molar-refractivity contribution in [3.63, 3.8) is 0 Å². The highest BCUT2D eigenvalue weighted by Crippen LogP contribution is 2.22. The van der Waals surface area contributed by atoms with Gasteiger partial charge in [0.15, 0.2) is 0 Å². The normalized spacial score (nSPS) is 12.4. The van der Waals surface area contributed by atoms with Crippen LogP contribution in [-0.4, -0.2) is 17.6 Å². The SMILES string of the molecule is CCCNC(CC(=O)O)c1cc(C)ccc1C. The molecule has 3 nitrogen and oxygen atoms in total. The van der Waals surface area contributed by atoms with Crippen molar-refractivity contribution in [3.05, 3.63) is 34.9 Å². The third kappa shape index (κ3) is 4.19. The van der Waals surface area contributed by atoms with E-state index in [-0.39, 0.29) is 12.5 Å². The molecular formula is C14H21NO2. The average Bonchev–Trinajstić information content (AvgIpc) is 2.27. The Kier molecular flexibility index (Phi) is 5.16. The summed E-state index contributed by atoms with van der Waals surface area (Å²) in [7, 11) is 0. The molecule has 1 rings (SSSR count). The highest BCUT2D eigenvalue weighted by molar-refractivity contribution is 5.68. The first-order valence-electron chi connectivity index (χ1n) is 6.07. The second-order valence-corrected chi connectivity index (χ2v) is 4.46. The lowest BCUT2D eigenvalue weighted by Crippen LogP contribution is -2.25. The van der Waals surface area contributed by atoms with Gasteiger partial charge in [-0.15, -0.1) is 0 Å². The predicted molar refractivity (Wildman–Crippen MR) is 69.2 cm³/mol. The van der Waals surface area contributed by atoms with Crippen LogP contribution in [0.1, 0.15) is 42.5 Å². The van der Waals surface area contributed by atoms with Crippen LogP contribution in [0.2, 0.25) is 0 Å². The molecular weight excluding hydrogens is 214 g/mol. The topological polar surface area (TPSA) is 49.3 Å². The summed E-state index contributed by atoms with van der Waals surface area (Å²) in [6, 6.07) is 6.09. The minimum absolute atomic E-state index is 0.0904. The molecule has 0 heterocycles. The Balaban J connectivity index is 2.93. The first-order valence-corrected chi connectivity index (χ1v) is 6.07.